The predicted molar refractivity (Wildman–Crippen MR) is 115 cm³/mol. The Hall–Kier alpha value is -3.15. The van der Waals surface area contributed by atoms with Crippen molar-refractivity contribution in [2.45, 2.75) is 16.3 Å². The number of ketones is 1. The van der Waals surface area contributed by atoms with Crippen molar-refractivity contribution in [1.29, 1.82) is 0 Å². The summed E-state index contributed by atoms with van der Waals surface area (Å²) in [5.74, 6) is -2.67. The lowest BCUT2D eigenvalue weighted by Crippen LogP contribution is -2.40. The predicted octanol–water partition coefficient (Wildman–Crippen LogP) is -1.06. The maximum absolute atomic E-state index is 13.3. The minimum absolute atomic E-state index is 0.0869. The van der Waals surface area contributed by atoms with Crippen LogP contribution in [0.2, 0.25) is 0 Å². The summed E-state index contributed by atoms with van der Waals surface area (Å²) < 4.78 is 70.6. The average molecular weight is 461 g/mol. The molecule has 4 rings (SSSR count). The number of Topliss-reactive ketones (excluding diaryl/α,β-unsaturated/α-hetero) is 1. The lowest BCUT2D eigenvalue weighted by Gasteiger charge is -2.26. The number of halogens is 2. The van der Waals surface area contributed by atoms with Crippen molar-refractivity contribution in [3.8, 4) is 11.5 Å². The van der Waals surface area contributed by atoms with E-state index in [1.54, 1.807) is 30.3 Å². The summed E-state index contributed by atoms with van der Waals surface area (Å²) in [5.41, 5.74) is 4.49. The molecule has 0 amide bonds. The highest BCUT2D eigenvalue weighted by atomic mass is 32.2. The summed E-state index contributed by atoms with van der Waals surface area (Å²) in [7, 11) is -0.248. The molecular formula is C18H16B3F2NO7S. The number of nitrogens with two attached hydrogens (primary N) is 1. The van der Waals surface area contributed by atoms with E-state index in [0.717, 1.165) is 6.07 Å². The molecule has 0 saturated heterocycles. The van der Waals surface area contributed by atoms with Crippen LogP contribution in [0.1, 0.15) is 11.1 Å². The van der Waals surface area contributed by atoms with Crippen LogP contribution in [0.25, 0.3) is 0 Å². The molecule has 0 aromatic heterocycles. The highest BCUT2D eigenvalue weighted by Crippen LogP contribution is 2.45. The maximum Gasteiger partial charge on any atom is 0.586 e. The molecule has 0 radical (unpaired) electrons. The number of rotatable bonds is 5. The van der Waals surface area contributed by atoms with Crippen LogP contribution in [-0.2, 0) is 33.9 Å². The number of carbonyl (C=O) groups is 1. The van der Waals surface area contributed by atoms with Crippen LogP contribution < -0.4 is 15.2 Å². The SMILES string of the molecule is BC(B)(c1ccccc1)S(=O)(=O)OC1=C(N)O[C@@](B)(c2ccc3c(c2)OC(F)(F)O3)C1=O. The Balaban J connectivity index is 1.63. The third-order valence-corrected chi connectivity index (χ3v) is 7.29. The van der Waals surface area contributed by atoms with Crippen molar-refractivity contribution in [2.24, 2.45) is 5.73 Å². The Morgan fingerprint density at radius 2 is 1.62 bits per heavy atom. The van der Waals surface area contributed by atoms with Gasteiger partial charge in [-0.25, -0.2) is 0 Å². The third-order valence-electron chi connectivity index (χ3n) is 5.42. The standard InChI is InChI=1S/C18H16B3F2NO7S/c19-16(10-6-7-11-12(8-10)29-18(22,23)28-11)14(25)13(15(24)30-16)31-32(26,27)17(20,21)9-4-2-1-3-5-9/h1-8H,19-21,24H2/t16-/m0/s1. The van der Waals surface area contributed by atoms with Gasteiger partial charge < -0.3 is 24.1 Å². The fourth-order valence-corrected chi connectivity index (χ4v) is 4.36. The van der Waals surface area contributed by atoms with Gasteiger partial charge in [-0.15, -0.1) is 8.78 Å². The second-order valence-corrected chi connectivity index (χ2v) is 10.00. The molecule has 8 nitrogen and oxygen atoms in total. The molecule has 0 unspecified atom stereocenters. The van der Waals surface area contributed by atoms with E-state index in [1.807, 2.05) is 0 Å². The van der Waals surface area contributed by atoms with Crippen LogP contribution in [-0.4, -0.2) is 44.0 Å². The van der Waals surface area contributed by atoms with Crippen LogP contribution in [0.5, 0.6) is 11.5 Å². The van der Waals surface area contributed by atoms with Gasteiger partial charge in [0.2, 0.25) is 17.4 Å². The van der Waals surface area contributed by atoms with Crippen molar-refractivity contribution in [2.75, 3.05) is 0 Å². The molecule has 2 heterocycles. The molecule has 2 aromatic rings. The molecule has 2 aliphatic rings. The first kappa shape index (κ1) is 22.1. The maximum atomic E-state index is 13.3. The molecule has 0 aliphatic carbocycles. The van der Waals surface area contributed by atoms with E-state index in [-0.39, 0.29) is 17.1 Å². The zero-order valence-corrected chi connectivity index (χ0v) is 18.0. The Kier molecular flexibility index (Phi) is 4.78. The Morgan fingerprint density at radius 3 is 2.28 bits per heavy atom. The van der Waals surface area contributed by atoms with E-state index in [1.165, 1.54) is 35.7 Å². The summed E-state index contributed by atoms with van der Waals surface area (Å²) in [6, 6.07) is 11.9. The largest absolute Gasteiger partial charge is 0.586 e. The Bertz CT molecular complexity index is 1250. The molecule has 2 N–H and O–H groups in total. The first-order chi connectivity index (χ1) is 14.8. The molecule has 14 heteroatoms. The average Bonchev–Trinajstić information content (AvgIpc) is 3.14. The van der Waals surface area contributed by atoms with E-state index in [2.05, 4.69) is 9.47 Å². The zero-order valence-electron chi connectivity index (χ0n) is 17.2. The molecule has 1 atom stereocenters. The fourth-order valence-electron chi connectivity index (χ4n) is 3.35. The topological polar surface area (TPSA) is 114 Å². The molecule has 0 saturated carbocycles. The smallest absolute Gasteiger partial charge is 0.467 e. The highest BCUT2D eigenvalue weighted by Gasteiger charge is 2.52. The van der Waals surface area contributed by atoms with Gasteiger partial charge in [0.25, 0.3) is 0 Å². The number of hydrogen-bond acceptors (Lipinski definition) is 8. The van der Waals surface area contributed by atoms with Gasteiger partial charge in [-0.1, -0.05) is 36.4 Å². The summed E-state index contributed by atoms with van der Waals surface area (Å²) in [5, 5.41) is 0. The van der Waals surface area contributed by atoms with Crippen molar-refractivity contribution in [3.05, 3.63) is 71.3 Å². The lowest BCUT2D eigenvalue weighted by atomic mass is 9.65. The Morgan fingerprint density at radius 1 is 1.00 bits per heavy atom. The van der Waals surface area contributed by atoms with Crippen LogP contribution in [0.4, 0.5) is 8.78 Å². The van der Waals surface area contributed by atoms with Crippen molar-refractivity contribution in [1.82, 2.24) is 0 Å². The second-order valence-electron chi connectivity index (χ2n) is 7.90. The van der Waals surface area contributed by atoms with Gasteiger partial charge >= 0.3 is 16.4 Å². The van der Waals surface area contributed by atoms with E-state index in [0.29, 0.717) is 5.56 Å². The lowest BCUT2D eigenvalue weighted by molar-refractivity contribution is -0.286. The molecule has 2 aliphatic heterocycles. The minimum atomic E-state index is -4.40. The number of hydrogen-bond donors (Lipinski definition) is 1. The molecule has 0 bridgehead atoms. The quantitative estimate of drug-likeness (QED) is 0.444. The van der Waals surface area contributed by atoms with Crippen LogP contribution >= 0.6 is 0 Å². The number of alkyl halides is 2. The molecular weight excluding hydrogens is 445 g/mol. The van der Waals surface area contributed by atoms with E-state index in [4.69, 9.17) is 14.7 Å². The van der Waals surface area contributed by atoms with E-state index in [9.17, 15) is 22.0 Å². The van der Waals surface area contributed by atoms with Gasteiger partial charge in [0, 0.05) is 0 Å². The summed E-state index contributed by atoms with van der Waals surface area (Å²) in [6.07, 6.45) is -3.84. The third kappa shape index (κ3) is 3.38. The van der Waals surface area contributed by atoms with Crippen LogP contribution in [0, 0.1) is 0 Å². The summed E-state index contributed by atoms with van der Waals surface area (Å²) in [4.78, 5) is 13.1. The van der Waals surface area contributed by atoms with Crippen LogP contribution in [0.15, 0.2) is 60.2 Å². The van der Waals surface area contributed by atoms with Gasteiger partial charge in [-0.2, -0.15) is 8.42 Å². The van der Waals surface area contributed by atoms with Crippen LogP contribution in [0.3, 0.4) is 0 Å². The second kappa shape index (κ2) is 6.93. The van der Waals surface area contributed by atoms with E-state index >= 15 is 0 Å². The Labute approximate surface area is 185 Å². The molecule has 32 heavy (non-hydrogen) atoms. The van der Waals surface area contributed by atoms with E-state index < -0.39 is 43.9 Å². The fraction of sp³-hybridized carbons (Fsp3) is 0.167. The number of benzene rings is 2. The zero-order chi connectivity index (χ0) is 23.5. The van der Waals surface area contributed by atoms with Gasteiger partial charge in [0.1, 0.15) is 15.7 Å². The first-order valence-corrected chi connectivity index (χ1v) is 10.8. The van der Waals surface area contributed by atoms with Gasteiger partial charge in [0.05, 0.1) is 4.55 Å². The van der Waals surface area contributed by atoms with Gasteiger partial charge in [-0.05, 0) is 23.3 Å². The number of fused-ring (bicyclic) bond motifs is 1. The summed E-state index contributed by atoms with van der Waals surface area (Å²) >= 11 is 0. The normalized spacial score (nSPS) is 22.0. The van der Waals surface area contributed by atoms with Crippen molar-refractivity contribution < 1.29 is 40.4 Å². The summed E-state index contributed by atoms with van der Waals surface area (Å²) in [6.45, 7) is 0. The van der Waals surface area contributed by atoms with Crippen molar-refractivity contribution >= 4 is 39.4 Å². The number of carbonyl (C=O) groups excluding carboxylic acids is 1. The number of ether oxygens (including phenoxy) is 3. The highest BCUT2D eigenvalue weighted by molar-refractivity contribution is 7.90. The molecule has 0 spiro atoms. The molecule has 2 aromatic carbocycles. The van der Waals surface area contributed by atoms with Crippen molar-refractivity contribution in [3.63, 3.8) is 0 Å². The molecule has 164 valence electrons. The monoisotopic (exact) mass is 461 g/mol. The molecule has 0 fully saturated rings. The minimum Gasteiger partial charge on any atom is -0.467 e. The first-order valence-electron chi connectivity index (χ1n) is 9.40. The van der Waals surface area contributed by atoms with Gasteiger partial charge in [0.15, 0.2) is 24.8 Å². The van der Waals surface area contributed by atoms with Gasteiger partial charge in [-0.3, -0.25) is 4.79 Å².